The number of hydrogen-bond acceptors (Lipinski definition) is 7. The summed E-state index contributed by atoms with van der Waals surface area (Å²) in [6.07, 6.45) is 10.8. The Morgan fingerprint density at radius 2 is 1.79 bits per heavy atom. The molecular formula is C27H40F3N5O2S. The number of unbranched alkanes of at least 4 members (excludes halogenated alkanes) is 6. The van der Waals surface area contributed by atoms with E-state index in [1.54, 1.807) is 23.0 Å². The molecule has 0 unspecified atom stereocenters. The van der Waals surface area contributed by atoms with Gasteiger partial charge in [0, 0.05) is 42.3 Å². The molecule has 0 bridgehead atoms. The molecule has 0 aromatic carbocycles. The molecule has 0 saturated carbocycles. The largest absolute Gasteiger partial charge is 0.460 e. The average molecular weight is 556 g/mol. The van der Waals surface area contributed by atoms with Crippen LogP contribution in [0.2, 0.25) is 0 Å². The van der Waals surface area contributed by atoms with Crippen molar-refractivity contribution in [3.8, 4) is 5.19 Å². The van der Waals surface area contributed by atoms with Gasteiger partial charge in [0.1, 0.15) is 0 Å². The van der Waals surface area contributed by atoms with E-state index in [-0.39, 0.29) is 5.19 Å². The van der Waals surface area contributed by atoms with Crippen LogP contribution >= 0.6 is 11.3 Å². The number of thiazole rings is 1. The van der Waals surface area contributed by atoms with Gasteiger partial charge in [0.25, 0.3) is 5.19 Å². The van der Waals surface area contributed by atoms with E-state index in [1.807, 2.05) is 12.1 Å². The van der Waals surface area contributed by atoms with Crippen LogP contribution in [0.5, 0.6) is 5.19 Å². The van der Waals surface area contributed by atoms with Crippen LogP contribution in [-0.2, 0) is 12.8 Å². The molecule has 212 valence electrons. The predicted molar refractivity (Wildman–Crippen MR) is 146 cm³/mol. The number of hydrogen-bond donors (Lipinski definition) is 1. The number of ether oxygens (including phenoxy) is 1. The lowest BCUT2D eigenvalue weighted by molar-refractivity contribution is -0.153. The number of fused-ring (bicyclic) bond motifs is 2. The molecular weight excluding hydrogens is 515 g/mol. The van der Waals surface area contributed by atoms with Gasteiger partial charge in [0.15, 0.2) is 12.9 Å². The third-order valence-electron chi connectivity index (χ3n) is 6.11. The van der Waals surface area contributed by atoms with E-state index in [0.717, 1.165) is 54.8 Å². The van der Waals surface area contributed by atoms with Crippen LogP contribution in [0.4, 0.5) is 13.2 Å². The van der Waals surface area contributed by atoms with Gasteiger partial charge in [-0.2, -0.15) is 18.3 Å². The summed E-state index contributed by atoms with van der Waals surface area (Å²) in [5.41, 5.74) is 6.95. The van der Waals surface area contributed by atoms with E-state index in [1.165, 1.54) is 63.3 Å². The van der Waals surface area contributed by atoms with Crippen molar-refractivity contribution in [3.63, 3.8) is 0 Å². The van der Waals surface area contributed by atoms with Gasteiger partial charge in [-0.15, -0.1) is 0 Å². The highest BCUT2D eigenvalue weighted by Crippen LogP contribution is 2.29. The van der Waals surface area contributed by atoms with Crippen molar-refractivity contribution < 1.29 is 22.7 Å². The summed E-state index contributed by atoms with van der Waals surface area (Å²) < 4.78 is 43.1. The number of rotatable bonds is 11. The molecule has 0 radical (unpaired) electrons. The van der Waals surface area contributed by atoms with E-state index in [0.29, 0.717) is 5.56 Å². The van der Waals surface area contributed by atoms with Crippen molar-refractivity contribution in [2.75, 3.05) is 33.3 Å². The van der Waals surface area contributed by atoms with Crippen LogP contribution < -0.4 is 10.5 Å². The molecule has 0 fully saturated rings. The highest BCUT2D eigenvalue weighted by molar-refractivity contribution is 7.13. The molecule has 0 aliphatic carbocycles. The number of halogens is 3. The van der Waals surface area contributed by atoms with Crippen LogP contribution in [-0.4, -0.2) is 65.2 Å². The highest BCUT2D eigenvalue weighted by Gasteiger charge is 2.29. The molecule has 7 nitrogen and oxygen atoms in total. The zero-order chi connectivity index (χ0) is 27.8. The van der Waals surface area contributed by atoms with Gasteiger partial charge in [0.2, 0.25) is 0 Å². The molecule has 1 aliphatic heterocycles. The van der Waals surface area contributed by atoms with Crippen LogP contribution in [0.3, 0.4) is 0 Å². The average Bonchev–Trinajstić information content (AvgIpc) is 3.47. The third kappa shape index (κ3) is 11.1. The first-order valence-corrected chi connectivity index (χ1v) is 14.1. The van der Waals surface area contributed by atoms with Gasteiger partial charge >= 0.3 is 6.18 Å². The number of alkyl halides is 3. The standard InChI is InChI=1S/C18H29F3N2OS.C8H6N2O.CH5N/c1-2-3-4-5-6-7-8-11-23-12-9-15-16(10-13-23)25-17(22-15)24-14-18(19,20)21;11-6-7-3-5-10-8(7)2-1-4-9-10;1-2/h2-14H2,1H3;1-6H;2H2,1H3. The highest BCUT2D eigenvalue weighted by atomic mass is 32.1. The van der Waals surface area contributed by atoms with Gasteiger partial charge in [-0.05, 0) is 44.6 Å². The zero-order valence-electron chi connectivity index (χ0n) is 22.4. The molecule has 1 aliphatic rings. The lowest BCUT2D eigenvalue weighted by atomic mass is 10.1. The van der Waals surface area contributed by atoms with Crippen molar-refractivity contribution in [2.45, 2.75) is 70.9 Å². The predicted octanol–water partition coefficient (Wildman–Crippen LogP) is 5.96. The first-order valence-electron chi connectivity index (χ1n) is 13.3. The molecule has 0 atom stereocenters. The van der Waals surface area contributed by atoms with Crippen LogP contribution in [0.15, 0.2) is 30.6 Å². The molecule has 3 aromatic rings. The Hall–Kier alpha value is -2.50. The minimum atomic E-state index is -4.31. The van der Waals surface area contributed by atoms with Crippen molar-refractivity contribution in [3.05, 3.63) is 46.7 Å². The third-order valence-corrected chi connectivity index (χ3v) is 7.18. The monoisotopic (exact) mass is 555 g/mol. The second-order valence-corrected chi connectivity index (χ2v) is 10.0. The van der Waals surface area contributed by atoms with Crippen molar-refractivity contribution >= 4 is 23.1 Å². The number of nitrogens with zero attached hydrogens (tertiary/aromatic N) is 4. The molecule has 4 rings (SSSR count). The maximum absolute atomic E-state index is 12.2. The Morgan fingerprint density at radius 3 is 2.50 bits per heavy atom. The van der Waals surface area contributed by atoms with Gasteiger partial charge in [-0.3, -0.25) is 4.79 Å². The van der Waals surface area contributed by atoms with Crippen molar-refractivity contribution in [1.82, 2.24) is 19.5 Å². The summed E-state index contributed by atoms with van der Waals surface area (Å²) in [7, 11) is 1.50. The lowest BCUT2D eigenvalue weighted by Crippen LogP contribution is -2.27. The fraction of sp³-hybridized carbons (Fsp3) is 0.593. The van der Waals surface area contributed by atoms with E-state index in [9.17, 15) is 18.0 Å². The van der Waals surface area contributed by atoms with Gasteiger partial charge in [0.05, 0.1) is 11.2 Å². The maximum atomic E-state index is 12.2. The number of carbonyl (C=O) groups is 1. The normalized spacial score (nSPS) is 13.5. The molecule has 3 aromatic heterocycles. The Bertz CT molecular complexity index is 1050. The first-order chi connectivity index (χ1) is 18.4. The molecule has 0 amide bonds. The minimum Gasteiger partial charge on any atom is -0.460 e. The zero-order valence-corrected chi connectivity index (χ0v) is 23.2. The van der Waals surface area contributed by atoms with Crippen molar-refractivity contribution in [1.29, 1.82) is 0 Å². The summed E-state index contributed by atoms with van der Waals surface area (Å²) in [5.74, 6) is 0. The fourth-order valence-electron chi connectivity index (χ4n) is 4.17. The molecule has 38 heavy (non-hydrogen) atoms. The molecule has 0 spiro atoms. The quantitative estimate of drug-likeness (QED) is 0.232. The Balaban J connectivity index is 0.000000321. The summed E-state index contributed by atoms with van der Waals surface area (Å²) in [6, 6.07) is 5.41. The Kier molecular flexibility index (Phi) is 14.3. The summed E-state index contributed by atoms with van der Waals surface area (Å²) in [4.78, 5) is 18.2. The van der Waals surface area contributed by atoms with E-state index in [4.69, 9.17) is 4.74 Å². The second-order valence-electron chi connectivity index (χ2n) is 8.96. The summed E-state index contributed by atoms with van der Waals surface area (Å²) in [5, 5.41) is 4.16. The Morgan fingerprint density at radius 1 is 1.08 bits per heavy atom. The number of nitrogens with two attached hydrogens (primary N) is 1. The maximum Gasteiger partial charge on any atom is 0.422 e. The molecule has 4 heterocycles. The summed E-state index contributed by atoms with van der Waals surface area (Å²) >= 11 is 1.27. The minimum absolute atomic E-state index is 0.155. The Labute approximate surface area is 227 Å². The van der Waals surface area contributed by atoms with E-state index >= 15 is 0 Å². The first kappa shape index (κ1) is 31.7. The topological polar surface area (TPSA) is 85.8 Å². The van der Waals surface area contributed by atoms with E-state index in [2.05, 4.69) is 27.6 Å². The van der Waals surface area contributed by atoms with Gasteiger partial charge in [-0.1, -0.05) is 56.8 Å². The molecule has 0 saturated heterocycles. The number of carbonyl (C=O) groups excluding carboxylic acids is 1. The number of aldehydes is 1. The van der Waals surface area contributed by atoms with Crippen LogP contribution in [0.1, 0.15) is 72.8 Å². The lowest BCUT2D eigenvalue weighted by Gasteiger charge is -2.19. The fourth-order valence-corrected chi connectivity index (χ4v) is 5.12. The van der Waals surface area contributed by atoms with Gasteiger partial charge < -0.3 is 15.4 Å². The van der Waals surface area contributed by atoms with Crippen molar-refractivity contribution in [2.24, 2.45) is 5.73 Å². The molecule has 11 heteroatoms. The van der Waals surface area contributed by atoms with Crippen LogP contribution in [0.25, 0.3) is 5.52 Å². The van der Waals surface area contributed by atoms with Gasteiger partial charge in [-0.25, -0.2) is 9.50 Å². The summed E-state index contributed by atoms with van der Waals surface area (Å²) in [6.45, 7) is 3.98. The van der Waals surface area contributed by atoms with E-state index < -0.39 is 12.8 Å². The molecule has 2 N–H and O–H groups in total. The second kappa shape index (κ2) is 17.2. The van der Waals surface area contributed by atoms with Crippen LogP contribution in [0, 0.1) is 0 Å². The number of aromatic nitrogens is 3. The SMILES string of the molecule is CCCCCCCCCN1CCc2nc(OCC(F)(F)F)sc2CC1.CN.O=Cc1ccn2ncccc12. The smallest absolute Gasteiger partial charge is 0.422 e.